The number of hydrogen-bond donors (Lipinski definition) is 1. The Morgan fingerprint density at radius 3 is 2.30 bits per heavy atom. The van der Waals surface area contributed by atoms with Crippen molar-refractivity contribution < 1.29 is 19.1 Å². The highest BCUT2D eigenvalue weighted by Crippen LogP contribution is 2.27. The van der Waals surface area contributed by atoms with Gasteiger partial charge in [-0.2, -0.15) is 0 Å². The number of fused-ring (bicyclic) bond motifs is 1. The summed E-state index contributed by atoms with van der Waals surface area (Å²) in [4.78, 5) is 24.1. The van der Waals surface area contributed by atoms with Crippen LogP contribution in [0.25, 0.3) is 5.70 Å². The fraction of sp³-hybridized carbons (Fsp3) is 0.333. The molecule has 1 aliphatic rings. The van der Waals surface area contributed by atoms with Gasteiger partial charge in [-0.25, -0.2) is 9.59 Å². The van der Waals surface area contributed by atoms with Gasteiger partial charge < -0.3 is 14.8 Å². The number of carbonyl (C=O) groups excluding carboxylic acids is 2. The van der Waals surface area contributed by atoms with E-state index in [1.54, 1.807) is 13.8 Å². The van der Waals surface area contributed by atoms with Crippen molar-refractivity contribution in [3.05, 3.63) is 41.0 Å². The topological polar surface area (TPSA) is 64.6 Å². The molecule has 0 saturated carbocycles. The van der Waals surface area contributed by atoms with E-state index >= 15 is 0 Å². The van der Waals surface area contributed by atoms with Gasteiger partial charge in [-0.3, -0.25) is 0 Å². The van der Waals surface area contributed by atoms with Crippen molar-refractivity contribution in [2.75, 3.05) is 13.2 Å². The number of benzene rings is 1. The lowest BCUT2D eigenvalue weighted by molar-refractivity contribution is -0.146. The summed E-state index contributed by atoms with van der Waals surface area (Å²) in [6.45, 7) is 4.38. The summed E-state index contributed by atoms with van der Waals surface area (Å²) in [5.41, 5.74) is 2.29. The Kier molecular flexibility index (Phi) is 4.40. The number of ether oxygens (including phenoxy) is 2. The van der Waals surface area contributed by atoms with Crippen LogP contribution < -0.4 is 5.32 Å². The van der Waals surface area contributed by atoms with Crippen LogP contribution in [0.3, 0.4) is 0 Å². The number of nitrogens with one attached hydrogen (secondary N) is 1. The molecular formula is C15H17NO4. The molecule has 0 aliphatic carbocycles. The first-order valence-corrected chi connectivity index (χ1v) is 6.59. The summed E-state index contributed by atoms with van der Waals surface area (Å²) >= 11 is 0. The van der Waals surface area contributed by atoms with Crippen molar-refractivity contribution in [3.63, 3.8) is 0 Å². The first kappa shape index (κ1) is 14.1. The Morgan fingerprint density at radius 1 is 1.10 bits per heavy atom. The fourth-order valence-electron chi connectivity index (χ4n) is 2.11. The normalized spacial score (nSPS) is 12.4. The predicted octanol–water partition coefficient (Wildman–Crippen LogP) is 1.63. The largest absolute Gasteiger partial charge is 0.462 e. The van der Waals surface area contributed by atoms with E-state index in [2.05, 4.69) is 5.32 Å². The average Bonchev–Trinajstić information content (AvgIpc) is 2.84. The standard InChI is InChI=1S/C15H17NO4/c1-3-19-14(17)12(15(18)20-4-2)13-11-8-6-5-7-10(11)9-16-13/h5-8,16H,3-4,9H2,1-2H3. The maximum atomic E-state index is 12.0. The van der Waals surface area contributed by atoms with Crippen LogP contribution >= 0.6 is 0 Å². The van der Waals surface area contributed by atoms with Gasteiger partial charge in [-0.15, -0.1) is 0 Å². The lowest BCUT2D eigenvalue weighted by atomic mass is 10.0. The lowest BCUT2D eigenvalue weighted by Gasteiger charge is -2.10. The van der Waals surface area contributed by atoms with Crippen LogP contribution in [0.2, 0.25) is 0 Å². The Hall–Kier alpha value is -2.30. The third-order valence-electron chi connectivity index (χ3n) is 2.95. The molecular weight excluding hydrogens is 258 g/mol. The molecule has 0 fully saturated rings. The van der Waals surface area contributed by atoms with E-state index in [0.29, 0.717) is 12.2 Å². The van der Waals surface area contributed by atoms with Crippen LogP contribution in [-0.2, 0) is 25.6 Å². The zero-order chi connectivity index (χ0) is 14.5. The molecule has 0 spiro atoms. The molecule has 0 saturated heterocycles. The minimum atomic E-state index is -0.662. The maximum Gasteiger partial charge on any atom is 0.347 e. The van der Waals surface area contributed by atoms with E-state index in [1.807, 2.05) is 24.3 Å². The third-order valence-corrected chi connectivity index (χ3v) is 2.95. The second-order valence-corrected chi connectivity index (χ2v) is 4.20. The van der Waals surface area contributed by atoms with Crippen LogP contribution in [0.15, 0.2) is 29.8 Å². The molecule has 5 nitrogen and oxygen atoms in total. The van der Waals surface area contributed by atoms with Crippen LogP contribution in [0, 0.1) is 0 Å². The highest BCUT2D eigenvalue weighted by molar-refractivity contribution is 6.20. The Bertz CT molecular complexity index is 543. The zero-order valence-corrected chi connectivity index (χ0v) is 11.6. The maximum absolute atomic E-state index is 12.0. The second kappa shape index (κ2) is 6.23. The molecule has 0 amide bonds. The molecule has 1 aromatic carbocycles. The van der Waals surface area contributed by atoms with Gasteiger partial charge in [-0.05, 0) is 19.4 Å². The zero-order valence-electron chi connectivity index (χ0n) is 11.6. The first-order valence-electron chi connectivity index (χ1n) is 6.59. The first-order chi connectivity index (χ1) is 9.69. The minimum Gasteiger partial charge on any atom is -0.462 e. The molecule has 2 rings (SSSR count). The smallest absolute Gasteiger partial charge is 0.347 e. The molecule has 1 aromatic rings. The minimum absolute atomic E-state index is 0.0707. The molecule has 20 heavy (non-hydrogen) atoms. The summed E-state index contributed by atoms with van der Waals surface area (Å²) in [7, 11) is 0. The van der Waals surface area contributed by atoms with Crippen molar-refractivity contribution in [1.82, 2.24) is 5.32 Å². The average molecular weight is 275 g/mol. The van der Waals surface area contributed by atoms with Gasteiger partial charge in [0.2, 0.25) is 0 Å². The molecule has 0 atom stereocenters. The highest BCUT2D eigenvalue weighted by atomic mass is 16.6. The molecule has 1 heterocycles. The molecule has 1 N–H and O–H groups in total. The predicted molar refractivity (Wildman–Crippen MR) is 73.5 cm³/mol. The van der Waals surface area contributed by atoms with Gasteiger partial charge in [0.15, 0.2) is 5.57 Å². The van der Waals surface area contributed by atoms with E-state index in [0.717, 1.165) is 11.1 Å². The van der Waals surface area contributed by atoms with Gasteiger partial charge in [-0.1, -0.05) is 24.3 Å². The quantitative estimate of drug-likeness (QED) is 0.391. The molecule has 0 bridgehead atoms. The molecule has 0 radical (unpaired) electrons. The second-order valence-electron chi connectivity index (χ2n) is 4.20. The number of rotatable bonds is 4. The SMILES string of the molecule is CCOC(=O)C(C(=O)OCC)=C1NCc2ccccc21. The van der Waals surface area contributed by atoms with Crippen molar-refractivity contribution >= 4 is 17.6 Å². The van der Waals surface area contributed by atoms with E-state index in [9.17, 15) is 9.59 Å². The Labute approximate surface area is 117 Å². The van der Waals surface area contributed by atoms with E-state index in [-0.39, 0.29) is 18.8 Å². The van der Waals surface area contributed by atoms with Crippen LogP contribution in [0.1, 0.15) is 25.0 Å². The fourth-order valence-corrected chi connectivity index (χ4v) is 2.11. The van der Waals surface area contributed by atoms with E-state index in [4.69, 9.17) is 9.47 Å². The van der Waals surface area contributed by atoms with Crippen LogP contribution in [0.4, 0.5) is 0 Å². The van der Waals surface area contributed by atoms with E-state index in [1.165, 1.54) is 0 Å². The van der Waals surface area contributed by atoms with Crippen LogP contribution in [-0.4, -0.2) is 25.2 Å². The van der Waals surface area contributed by atoms with Gasteiger partial charge >= 0.3 is 11.9 Å². The van der Waals surface area contributed by atoms with Gasteiger partial charge in [0.05, 0.1) is 18.9 Å². The van der Waals surface area contributed by atoms with Crippen molar-refractivity contribution in [3.8, 4) is 0 Å². The van der Waals surface area contributed by atoms with Crippen molar-refractivity contribution in [2.24, 2.45) is 0 Å². The number of esters is 2. The highest BCUT2D eigenvalue weighted by Gasteiger charge is 2.30. The van der Waals surface area contributed by atoms with Gasteiger partial charge in [0.1, 0.15) is 0 Å². The number of carbonyl (C=O) groups is 2. The molecule has 0 aromatic heterocycles. The van der Waals surface area contributed by atoms with E-state index < -0.39 is 11.9 Å². The van der Waals surface area contributed by atoms with Crippen LogP contribution in [0.5, 0.6) is 0 Å². The van der Waals surface area contributed by atoms with Gasteiger partial charge in [0, 0.05) is 12.1 Å². The summed E-state index contributed by atoms with van der Waals surface area (Å²) in [5.74, 6) is -1.32. The summed E-state index contributed by atoms with van der Waals surface area (Å²) in [5, 5.41) is 3.08. The third kappa shape index (κ3) is 2.66. The summed E-state index contributed by atoms with van der Waals surface area (Å²) in [6, 6.07) is 7.59. The monoisotopic (exact) mass is 275 g/mol. The summed E-state index contributed by atoms with van der Waals surface area (Å²) < 4.78 is 9.92. The van der Waals surface area contributed by atoms with Gasteiger partial charge in [0.25, 0.3) is 0 Å². The Balaban J connectivity index is 2.48. The molecule has 5 heteroatoms. The Morgan fingerprint density at radius 2 is 1.70 bits per heavy atom. The van der Waals surface area contributed by atoms with Crippen molar-refractivity contribution in [2.45, 2.75) is 20.4 Å². The molecule has 0 unspecified atom stereocenters. The molecule has 106 valence electrons. The summed E-state index contributed by atoms with van der Waals surface area (Å²) in [6.07, 6.45) is 0. The molecule has 1 aliphatic heterocycles. The lowest BCUT2D eigenvalue weighted by Crippen LogP contribution is -2.22. The number of hydrogen-bond acceptors (Lipinski definition) is 5. The van der Waals surface area contributed by atoms with Crippen molar-refractivity contribution in [1.29, 1.82) is 0 Å².